The van der Waals surface area contributed by atoms with Crippen LogP contribution < -0.4 is 46.4 Å². The molecule has 0 bridgehead atoms. The summed E-state index contributed by atoms with van der Waals surface area (Å²) >= 11 is 1.47. The van der Waals surface area contributed by atoms with Crippen molar-refractivity contribution in [2.24, 2.45) is 22.7 Å². The number of ether oxygens (including phenoxy) is 1. The van der Waals surface area contributed by atoms with E-state index in [0.29, 0.717) is 112 Å². The number of anilines is 3. The fraction of sp³-hybridized carbons (Fsp3) is 0.643. The van der Waals surface area contributed by atoms with Gasteiger partial charge in [-0.2, -0.15) is 0 Å². The number of amides is 6. The highest BCUT2D eigenvalue weighted by molar-refractivity contribution is 7.13. The molecule has 7 heterocycles. The molecule has 7 fully saturated rings. The van der Waals surface area contributed by atoms with E-state index in [4.69, 9.17) is 4.74 Å². The molecule has 27 heteroatoms. The van der Waals surface area contributed by atoms with Crippen molar-refractivity contribution in [2.75, 3.05) is 120 Å². The molecule has 2 saturated carbocycles. The topological polar surface area (TPSA) is 262 Å². The molecule has 0 radical (unpaired) electrons. The first-order chi connectivity index (χ1) is 46.2. The Hall–Kier alpha value is -7.20. The van der Waals surface area contributed by atoms with Crippen LogP contribution in [0.5, 0.6) is 5.75 Å². The van der Waals surface area contributed by atoms with Gasteiger partial charge in [0.1, 0.15) is 47.4 Å². The normalized spacial score (nSPS) is 23.2. The molecule has 528 valence electrons. The zero-order chi connectivity index (χ0) is 69.0. The number of β-amino-alcohol motifs (C(OH)–C–C–N with tert-alkyl or cyclic N) is 1. The van der Waals surface area contributed by atoms with Crippen LogP contribution in [0.25, 0.3) is 10.4 Å². The summed E-state index contributed by atoms with van der Waals surface area (Å²) in [5.41, 5.74) is 1.28. The van der Waals surface area contributed by atoms with E-state index < -0.39 is 64.2 Å². The van der Waals surface area contributed by atoms with Crippen LogP contribution in [0.1, 0.15) is 122 Å². The Morgan fingerprint density at radius 3 is 2.25 bits per heavy atom. The molecule has 4 aromatic rings. The van der Waals surface area contributed by atoms with Crippen molar-refractivity contribution in [3.63, 3.8) is 0 Å². The van der Waals surface area contributed by atoms with Crippen LogP contribution in [0.2, 0.25) is 0 Å². The van der Waals surface area contributed by atoms with Gasteiger partial charge in [-0.15, -0.1) is 11.3 Å². The molecular weight excluding hydrogens is 1270 g/mol. The number of alkyl halides is 1. The number of thiazole rings is 1. The van der Waals surface area contributed by atoms with Gasteiger partial charge in [-0.1, -0.05) is 46.8 Å². The van der Waals surface area contributed by atoms with E-state index in [9.17, 15) is 38.3 Å². The minimum Gasteiger partial charge on any atom is -0.483 e. The number of benzene rings is 2. The monoisotopic (exact) mass is 1370 g/mol. The van der Waals surface area contributed by atoms with Gasteiger partial charge in [0, 0.05) is 108 Å². The van der Waals surface area contributed by atoms with Gasteiger partial charge >= 0.3 is 0 Å². The molecule has 97 heavy (non-hydrogen) atoms. The maximum absolute atomic E-state index is 15.8. The van der Waals surface area contributed by atoms with Gasteiger partial charge in [-0.25, -0.2) is 28.1 Å². The molecule has 7 N–H and O–H groups in total. The number of carbonyl (C=O) groups excluding carboxylic acids is 6. The summed E-state index contributed by atoms with van der Waals surface area (Å²) in [6.07, 6.45) is 7.43. The van der Waals surface area contributed by atoms with Crippen LogP contribution >= 0.6 is 11.3 Å². The van der Waals surface area contributed by atoms with Crippen LogP contribution in [0.4, 0.5) is 30.5 Å². The van der Waals surface area contributed by atoms with Gasteiger partial charge in [0.15, 0.2) is 12.3 Å². The number of nitrogens with one attached hydrogen (secondary N) is 6. The number of hydrogen-bond acceptors (Lipinski definition) is 18. The summed E-state index contributed by atoms with van der Waals surface area (Å²) in [4.78, 5) is 106. The first-order valence-corrected chi connectivity index (χ1v) is 35.5. The first-order valence-electron chi connectivity index (χ1n) is 34.6. The third-order valence-corrected chi connectivity index (χ3v) is 22.0. The zero-order valence-corrected chi connectivity index (χ0v) is 58.1. The Bertz CT molecular complexity index is 3480. The van der Waals surface area contributed by atoms with Crippen LogP contribution in [-0.4, -0.2) is 216 Å². The molecule has 23 nitrogen and oxygen atoms in total. The Morgan fingerprint density at radius 1 is 0.825 bits per heavy atom. The van der Waals surface area contributed by atoms with Crippen LogP contribution in [0.15, 0.2) is 48.2 Å². The predicted molar refractivity (Wildman–Crippen MR) is 364 cm³/mol. The van der Waals surface area contributed by atoms with Crippen molar-refractivity contribution < 1.29 is 51.8 Å². The molecule has 7 aliphatic rings. The number of aliphatic hydroxyl groups excluding tert-OH is 1. The highest BCUT2D eigenvalue weighted by Crippen LogP contribution is 2.42. The van der Waals surface area contributed by atoms with Crippen molar-refractivity contribution in [3.05, 3.63) is 76.7 Å². The number of aromatic nitrogens is 3. The van der Waals surface area contributed by atoms with Crippen molar-refractivity contribution in [2.45, 2.75) is 161 Å². The third-order valence-electron chi connectivity index (χ3n) is 21.0. The number of hydrogen-bond donors (Lipinski definition) is 7. The summed E-state index contributed by atoms with van der Waals surface area (Å²) in [5, 5.41) is 28.8. The van der Waals surface area contributed by atoms with E-state index in [1.54, 1.807) is 31.2 Å². The molecule has 6 amide bonds. The van der Waals surface area contributed by atoms with E-state index in [0.717, 1.165) is 86.8 Å². The summed E-state index contributed by atoms with van der Waals surface area (Å²) in [5.74, 6) is -0.615. The number of aryl methyl sites for hydroxylation is 1. The molecule has 5 saturated heterocycles. The average molecular weight is 1370 g/mol. The maximum atomic E-state index is 15.8. The van der Waals surface area contributed by atoms with Gasteiger partial charge in [0.25, 0.3) is 11.8 Å². The number of likely N-dealkylation sites (tertiary alicyclic amines) is 3. The van der Waals surface area contributed by atoms with Gasteiger partial charge in [0.2, 0.25) is 23.6 Å². The molecule has 11 rings (SSSR count). The van der Waals surface area contributed by atoms with Gasteiger partial charge in [-0.05, 0) is 138 Å². The van der Waals surface area contributed by atoms with E-state index in [-0.39, 0.29) is 74.3 Å². The summed E-state index contributed by atoms with van der Waals surface area (Å²) < 4.78 is 52.2. The standard InChI is InChI=1S/C70H98F3N15O8S/c1-44-62(97-43-80-44)45-10-11-46(33-77-64(93)55-30-51(89)37-88(55)65(94)63(67(2,3)4)81-66(95)70(73)12-13-70)56(29-45)96-40-61(92)76-20-9-21-83(7)50-26-47-34-85(35-48(47)27-50)38-59(90)75-19-8-18-74-57-32-58(79-42-78-57)86-24-16-69(17-25-86)41-87(39-60(91)82-69)54-31-52(71)49(28-53(54)72)36-84-22-14-68(5,6)15-23-84/h10-11,28-29,31-32,42-43,47-48,50-51,55,63,89H,8-9,12-27,30,33-41H2,1-7H3,(H,75,90)(H,76,92)(H,77,93)(H,81,95)(H,82,91)(H,74,78,79)/t47-,48+,50-,51-,55+,63-/m1/s1. The van der Waals surface area contributed by atoms with Crippen molar-refractivity contribution in [1.29, 1.82) is 0 Å². The SMILES string of the molecule is Cc1ncsc1-c1ccc(CNC(=O)[C@@H]2C[C@@H](O)CN2C(=O)[C@@H](NC(=O)C2(F)CC2)C(C)(C)C)c(OCC(=O)NCCCN(C)[C@@H]2C[C@@H]3CN(CC(=O)NCCCNc4cc(N5CCC6(CC5)CN(c5cc(F)c(CN7CCC(C)(C)CC7)cc5F)CC(=O)N6)ncn4)C[C@@H]3C2)c1. The van der Waals surface area contributed by atoms with E-state index in [1.165, 1.54) is 34.7 Å². The lowest BCUT2D eigenvalue weighted by Crippen LogP contribution is -2.66. The molecule has 1 spiro atoms. The second-order valence-corrected chi connectivity index (χ2v) is 31.0. The summed E-state index contributed by atoms with van der Waals surface area (Å²) in [6, 6.07) is 8.22. The molecule has 2 aromatic heterocycles. The summed E-state index contributed by atoms with van der Waals surface area (Å²) in [7, 11) is 2.13. The fourth-order valence-electron chi connectivity index (χ4n) is 14.9. The number of nitrogens with zero attached hydrogens (tertiary/aromatic N) is 9. The van der Waals surface area contributed by atoms with Crippen LogP contribution in [0, 0.1) is 41.2 Å². The lowest BCUT2D eigenvalue weighted by Gasteiger charge is -2.48. The number of aliphatic hydroxyl groups is 1. The van der Waals surface area contributed by atoms with E-state index in [2.05, 4.69) is 87.3 Å². The van der Waals surface area contributed by atoms with E-state index >= 15 is 8.78 Å². The number of carbonyl (C=O) groups is 6. The fourth-order valence-corrected chi connectivity index (χ4v) is 15.7. The van der Waals surface area contributed by atoms with Crippen molar-refractivity contribution >= 4 is 64.1 Å². The maximum Gasteiger partial charge on any atom is 0.258 e. The smallest absolute Gasteiger partial charge is 0.258 e. The average Bonchev–Trinajstić information content (AvgIpc) is 1.51. The van der Waals surface area contributed by atoms with Gasteiger partial charge < -0.3 is 61.3 Å². The number of rotatable bonds is 26. The molecule has 5 aliphatic heterocycles. The van der Waals surface area contributed by atoms with Gasteiger partial charge in [-0.3, -0.25) is 38.6 Å². The zero-order valence-electron chi connectivity index (χ0n) is 57.3. The summed E-state index contributed by atoms with van der Waals surface area (Å²) in [6.45, 7) is 19.2. The van der Waals surface area contributed by atoms with Crippen LogP contribution in [-0.2, 0) is 41.9 Å². The molecular formula is C70H98F3N15O8S. The molecule has 6 atom stereocenters. The molecule has 2 aliphatic carbocycles. The third kappa shape index (κ3) is 17.8. The number of piperazine rings is 1. The van der Waals surface area contributed by atoms with Crippen molar-refractivity contribution in [1.82, 2.24) is 61.1 Å². The van der Waals surface area contributed by atoms with Crippen LogP contribution in [0.3, 0.4) is 0 Å². The highest BCUT2D eigenvalue weighted by atomic mass is 32.1. The predicted octanol–water partition coefficient (Wildman–Crippen LogP) is 5.54. The Labute approximate surface area is 571 Å². The quantitative estimate of drug-likeness (QED) is 0.0381. The lowest BCUT2D eigenvalue weighted by atomic mass is 9.82. The minimum absolute atomic E-state index is 0.00480. The Kier molecular flexibility index (Phi) is 22.1. The second-order valence-electron chi connectivity index (χ2n) is 30.2. The van der Waals surface area contributed by atoms with Crippen molar-refractivity contribution in [3.8, 4) is 16.2 Å². The molecule has 0 unspecified atom stereocenters. The number of halogens is 3. The van der Waals surface area contributed by atoms with E-state index in [1.807, 2.05) is 31.2 Å². The lowest BCUT2D eigenvalue weighted by molar-refractivity contribution is -0.145. The first kappa shape index (κ1) is 71.1. The number of fused-ring (bicyclic) bond motifs is 1. The Morgan fingerprint density at radius 2 is 1.55 bits per heavy atom. The number of piperidine rings is 2. The second kappa shape index (κ2) is 30.1. The Balaban J connectivity index is 0.561. The molecule has 2 aromatic carbocycles. The minimum atomic E-state index is -2.00. The highest BCUT2D eigenvalue weighted by Gasteiger charge is 2.54. The van der Waals surface area contributed by atoms with Gasteiger partial charge in [0.05, 0.1) is 46.5 Å². The largest absolute Gasteiger partial charge is 0.483 e.